The number of fused-ring (bicyclic) bond motifs is 1. The first-order chi connectivity index (χ1) is 13.7. The van der Waals surface area contributed by atoms with E-state index in [9.17, 15) is 4.79 Å². The van der Waals surface area contributed by atoms with Crippen LogP contribution in [0.5, 0.6) is 0 Å². The lowest BCUT2D eigenvalue weighted by Crippen LogP contribution is -2.28. The Kier molecular flexibility index (Phi) is 4.16. The van der Waals surface area contributed by atoms with E-state index in [1.807, 2.05) is 54.3 Å². The van der Waals surface area contributed by atoms with Gasteiger partial charge in [-0.15, -0.1) is 11.3 Å². The molecule has 6 nitrogen and oxygen atoms in total. The molecule has 1 saturated heterocycles. The smallest absolute Gasteiger partial charge is 0.282 e. The normalized spacial score (nSPS) is 19.4. The fraction of sp³-hybridized carbons (Fsp3) is 0.238. The van der Waals surface area contributed by atoms with Crippen LogP contribution < -0.4 is 0 Å². The molecule has 0 aliphatic carbocycles. The molecule has 3 heterocycles. The molecule has 0 spiro atoms. The second-order valence-electron chi connectivity index (χ2n) is 7.00. The van der Waals surface area contributed by atoms with Crippen molar-refractivity contribution in [2.75, 3.05) is 13.1 Å². The summed E-state index contributed by atoms with van der Waals surface area (Å²) in [5.41, 5.74) is 2.03. The molecule has 0 radical (unpaired) electrons. The van der Waals surface area contributed by atoms with E-state index in [4.69, 9.17) is 4.52 Å². The minimum atomic E-state index is -0.0409. The minimum absolute atomic E-state index is 0.0260. The number of rotatable bonds is 3. The molecule has 7 heteroatoms. The van der Waals surface area contributed by atoms with Crippen LogP contribution in [-0.2, 0) is 0 Å². The number of nitrogens with zero attached hydrogens (tertiary/aromatic N) is 4. The number of hydrogen-bond acceptors (Lipinski definition) is 6. The van der Waals surface area contributed by atoms with Gasteiger partial charge in [0.1, 0.15) is 0 Å². The van der Waals surface area contributed by atoms with E-state index >= 15 is 0 Å². The van der Waals surface area contributed by atoms with Crippen molar-refractivity contribution in [1.29, 1.82) is 0 Å². The summed E-state index contributed by atoms with van der Waals surface area (Å²) in [6.45, 7) is 2.95. The van der Waals surface area contributed by atoms with Crippen LogP contribution in [0, 0.1) is 6.92 Å². The second kappa shape index (κ2) is 6.83. The van der Waals surface area contributed by atoms with Crippen LogP contribution in [0.4, 0.5) is 0 Å². The summed E-state index contributed by atoms with van der Waals surface area (Å²) in [5, 5.41) is 4.47. The molecule has 0 bridgehead atoms. The summed E-state index contributed by atoms with van der Waals surface area (Å²) in [4.78, 5) is 24.0. The molecule has 1 amide bonds. The average Bonchev–Trinajstić information content (AvgIpc) is 3.45. The number of likely N-dealkylation sites (tertiary alicyclic amines) is 1. The van der Waals surface area contributed by atoms with Crippen molar-refractivity contribution < 1.29 is 9.32 Å². The van der Waals surface area contributed by atoms with Gasteiger partial charge < -0.3 is 9.42 Å². The highest BCUT2D eigenvalue weighted by Crippen LogP contribution is 2.39. The maximum atomic E-state index is 13.2. The molecule has 5 rings (SSSR count). The number of para-hydroxylation sites is 1. The van der Waals surface area contributed by atoms with Crippen molar-refractivity contribution in [3.05, 3.63) is 76.9 Å². The molecule has 2 aromatic carbocycles. The van der Waals surface area contributed by atoms with Crippen LogP contribution in [0.2, 0.25) is 0 Å². The van der Waals surface area contributed by atoms with Crippen LogP contribution in [0.3, 0.4) is 0 Å². The third-order valence-corrected chi connectivity index (χ3v) is 6.20. The predicted molar refractivity (Wildman–Crippen MR) is 106 cm³/mol. The van der Waals surface area contributed by atoms with Gasteiger partial charge in [-0.2, -0.15) is 4.98 Å². The third kappa shape index (κ3) is 2.97. The largest absolute Gasteiger partial charge is 0.339 e. The lowest BCUT2D eigenvalue weighted by Gasteiger charge is -2.15. The Hall–Kier alpha value is -3.06. The SMILES string of the molecule is Cc1noc([C@H]2CN(C(=O)c3nc4ccccc4s3)C[C@H]2c2ccccc2)n1. The van der Waals surface area contributed by atoms with Gasteiger partial charge in [-0.1, -0.05) is 47.6 Å². The number of aromatic nitrogens is 3. The third-order valence-electron chi connectivity index (χ3n) is 5.17. The average molecular weight is 390 g/mol. The van der Waals surface area contributed by atoms with Gasteiger partial charge in [0.15, 0.2) is 10.8 Å². The van der Waals surface area contributed by atoms with Crippen molar-refractivity contribution >= 4 is 27.5 Å². The van der Waals surface area contributed by atoms with Crippen LogP contribution in [0.25, 0.3) is 10.2 Å². The van der Waals surface area contributed by atoms with E-state index in [0.29, 0.717) is 29.8 Å². The number of thiazole rings is 1. The highest BCUT2D eigenvalue weighted by atomic mass is 32.1. The van der Waals surface area contributed by atoms with Crippen molar-refractivity contribution in [2.24, 2.45) is 0 Å². The van der Waals surface area contributed by atoms with Crippen LogP contribution >= 0.6 is 11.3 Å². The summed E-state index contributed by atoms with van der Waals surface area (Å²) in [6.07, 6.45) is 0. The number of aryl methyl sites for hydroxylation is 1. The number of amides is 1. The molecule has 0 N–H and O–H groups in total. The van der Waals surface area contributed by atoms with E-state index in [1.165, 1.54) is 16.9 Å². The van der Waals surface area contributed by atoms with Crippen LogP contribution in [-0.4, -0.2) is 39.0 Å². The van der Waals surface area contributed by atoms with E-state index in [2.05, 4.69) is 27.3 Å². The zero-order valence-corrected chi connectivity index (χ0v) is 16.1. The van der Waals surface area contributed by atoms with Crippen molar-refractivity contribution in [3.8, 4) is 0 Å². The van der Waals surface area contributed by atoms with Crippen LogP contribution in [0.15, 0.2) is 59.1 Å². The Morgan fingerprint density at radius 2 is 1.79 bits per heavy atom. The zero-order chi connectivity index (χ0) is 19.1. The molecule has 0 saturated carbocycles. The van der Waals surface area contributed by atoms with Gasteiger partial charge in [-0.25, -0.2) is 4.98 Å². The Bertz CT molecular complexity index is 1100. The molecule has 4 aromatic rings. The molecule has 2 aromatic heterocycles. The molecule has 1 fully saturated rings. The highest BCUT2D eigenvalue weighted by molar-refractivity contribution is 7.20. The van der Waals surface area contributed by atoms with Gasteiger partial charge in [0.2, 0.25) is 5.89 Å². The second-order valence-corrected chi connectivity index (χ2v) is 8.03. The number of benzene rings is 2. The first-order valence-corrected chi connectivity index (χ1v) is 10.0. The number of carbonyl (C=O) groups is 1. The van der Waals surface area contributed by atoms with Crippen molar-refractivity contribution in [2.45, 2.75) is 18.8 Å². The summed E-state index contributed by atoms with van der Waals surface area (Å²) >= 11 is 1.44. The maximum absolute atomic E-state index is 13.2. The van der Waals surface area contributed by atoms with Gasteiger partial charge in [-0.3, -0.25) is 4.79 Å². The first-order valence-electron chi connectivity index (χ1n) is 9.19. The minimum Gasteiger partial charge on any atom is -0.339 e. The van der Waals surface area contributed by atoms with E-state index in [1.54, 1.807) is 0 Å². The molecular weight excluding hydrogens is 372 g/mol. The van der Waals surface area contributed by atoms with Gasteiger partial charge in [0, 0.05) is 19.0 Å². The summed E-state index contributed by atoms with van der Waals surface area (Å²) < 4.78 is 6.49. The van der Waals surface area contributed by atoms with Gasteiger partial charge in [-0.05, 0) is 24.6 Å². The molecular formula is C21H18N4O2S. The van der Waals surface area contributed by atoms with Gasteiger partial charge in [0.05, 0.1) is 16.1 Å². The van der Waals surface area contributed by atoms with Crippen LogP contribution in [0.1, 0.15) is 38.9 Å². The quantitative estimate of drug-likeness (QED) is 0.528. The Labute approximate surface area is 165 Å². The van der Waals surface area contributed by atoms with Crippen molar-refractivity contribution in [1.82, 2.24) is 20.0 Å². The van der Waals surface area contributed by atoms with E-state index < -0.39 is 0 Å². The molecule has 1 aliphatic heterocycles. The van der Waals surface area contributed by atoms with Crippen molar-refractivity contribution in [3.63, 3.8) is 0 Å². The lowest BCUT2D eigenvalue weighted by atomic mass is 9.89. The molecule has 0 unspecified atom stereocenters. The fourth-order valence-corrected chi connectivity index (χ4v) is 4.75. The first kappa shape index (κ1) is 17.1. The Morgan fingerprint density at radius 1 is 1.04 bits per heavy atom. The Balaban J connectivity index is 1.48. The fourth-order valence-electron chi connectivity index (χ4n) is 3.82. The highest BCUT2D eigenvalue weighted by Gasteiger charge is 2.41. The monoisotopic (exact) mass is 390 g/mol. The Morgan fingerprint density at radius 3 is 2.54 bits per heavy atom. The van der Waals surface area contributed by atoms with E-state index in [-0.39, 0.29) is 17.7 Å². The summed E-state index contributed by atoms with van der Waals surface area (Å²) in [7, 11) is 0. The predicted octanol–water partition coefficient (Wildman–Crippen LogP) is 4.01. The molecule has 2 atom stereocenters. The topological polar surface area (TPSA) is 72.1 Å². The standard InChI is InChI=1S/C21H18N4O2S/c1-13-22-19(27-24-13)16-12-25(11-15(16)14-7-3-2-4-8-14)21(26)20-23-17-9-5-6-10-18(17)28-20/h2-10,15-16H,11-12H2,1H3/t15-,16-/m0/s1. The van der Waals surface area contributed by atoms with E-state index in [0.717, 1.165) is 10.2 Å². The zero-order valence-electron chi connectivity index (χ0n) is 15.3. The summed E-state index contributed by atoms with van der Waals surface area (Å²) in [5.74, 6) is 1.24. The van der Waals surface area contributed by atoms with Gasteiger partial charge in [0.25, 0.3) is 5.91 Å². The molecule has 28 heavy (non-hydrogen) atoms. The molecule has 1 aliphatic rings. The molecule has 140 valence electrons. The number of carbonyl (C=O) groups excluding carboxylic acids is 1. The number of hydrogen-bond donors (Lipinski definition) is 0. The maximum Gasteiger partial charge on any atom is 0.282 e. The van der Waals surface area contributed by atoms with Gasteiger partial charge >= 0.3 is 0 Å². The summed E-state index contributed by atoms with van der Waals surface area (Å²) in [6, 6.07) is 18.0. The lowest BCUT2D eigenvalue weighted by molar-refractivity contribution is 0.0788.